The molecule has 132 valence electrons. The van der Waals surface area contributed by atoms with Gasteiger partial charge in [0, 0.05) is 29.7 Å². The molecule has 0 unspecified atom stereocenters. The van der Waals surface area contributed by atoms with Crippen molar-refractivity contribution in [3.63, 3.8) is 0 Å². The number of aryl methyl sites for hydroxylation is 2. The average Bonchev–Trinajstić information content (AvgIpc) is 2.73. The van der Waals surface area contributed by atoms with E-state index in [0.29, 0.717) is 0 Å². The standard InChI is InChI=1S/C24H19FNO/c1-27-19-10-11-23-22(14-19)21(17-6-8-18(25)9-7-17)15-24-20-5-3-2-4-16(20)12-13-26(23)24/h2-11,14-15H,12-13H2,1H3/q+1. The molecule has 0 spiro atoms. The lowest BCUT2D eigenvalue weighted by molar-refractivity contribution is -0.661. The molecule has 0 amide bonds. The van der Waals surface area contributed by atoms with Gasteiger partial charge in [-0.2, -0.15) is 4.57 Å². The van der Waals surface area contributed by atoms with E-state index in [4.69, 9.17) is 4.74 Å². The van der Waals surface area contributed by atoms with Crippen molar-refractivity contribution in [1.82, 2.24) is 0 Å². The first kappa shape index (κ1) is 16.0. The second-order valence-electron chi connectivity index (χ2n) is 6.89. The Morgan fingerprint density at radius 1 is 0.889 bits per heavy atom. The number of methoxy groups -OCH3 is 1. The third kappa shape index (κ3) is 2.58. The van der Waals surface area contributed by atoms with Crippen molar-refractivity contribution >= 4 is 10.9 Å². The minimum absolute atomic E-state index is 0.224. The van der Waals surface area contributed by atoms with Crippen molar-refractivity contribution in [3.05, 3.63) is 84.2 Å². The number of benzene rings is 3. The molecule has 0 N–H and O–H groups in total. The van der Waals surface area contributed by atoms with Crippen molar-refractivity contribution in [1.29, 1.82) is 0 Å². The van der Waals surface area contributed by atoms with Gasteiger partial charge in [-0.15, -0.1) is 0 Å². The summed E-state index contributed by atoms with van der Waals surface area (Å²) in [6, 6.07) is 23.7. The summed E-state index contributed by atoms with van der Waals surface area (Å²) < 4.78 is 21.3. The number of nitrogens with zero attached hydrogens (tertiary/aromatic N) is 1. The van der Waals surface area contributed by atoms with E-state index in [1.165, 1.54) is 34.5 Å². The number of ether oxygens (including phenoxy) is 1. The molecule has 0 saturated heterocycles. The number of hydrogen-bond acceptors (Lipinski definition) is 1. The minimum atomic E-state index is -0.224. The molecule has 0 atom stereocenters. The number of aromatic nitrogens is 1. The van der Waals surface area contributed by atoms with Gasteiger partial charge >= 0.3 is 0 Å². The van der Waals surface area contributed by atoms with E-state index >= 15 is 0 Å². The van der Waals surface area contributed by atoms with E-state index in [0.717, 1.165) is 35.2 Å². The normalized spacial score (nSPS) is 12.5. The molecule has 5 rings (SSSR count). The molecular formula is C24H19FNO+. The van der Waals surface area contributed by atoms with E-state index in [1.54, 1.807) is 7.11 Å². The van der Waals surface area contributed by atoms with Gasteiger partial charge in [-0.05, 0) is 41.5 Å². The van der Waals surface area contributed by atoms with Crippen LogP contribution in [0.25, 0.3) is 33.3 Å². The van der Waals surface area contributed by atoms with Crippen LogP contribution in [0, 0.1) is 5.82 Å². The van der Waals surface area contributed by atoms with Crippen LogP contribution in [-0.4, -0.2) is 7.11 Å². The molecule has 0 fully saturated rings. The zero-order chi connectivity index (χ0) is 18.4. The Hall–Kier alpha value is -3.20. The molecule has 2 nitrogen and oxygen atoms in total. The highest BCUT2D eigenvalue weighted by Gasteiger charge is 2.27. The maximum absolute atomic E-state index is 13.5. The maximum Gasteiger partial charge on any atom is 0.213 e. The molecule has 1 aliphatic heterocycles. The second kappa shape index (κ2) is 6.20. The fourth-order valence-electron chi connectivity index (χ4n) is 4.07. The van der Waals surface area contributed by atoms with Gasteiger partial charge in [-0.3, -0.25) is 0 Å². The summed E-state index contributed by atoms with van der Waals surface area (Å²) in [6.45, 7) is 0.943. The Bertz CT molecular complexity index is 1170. The van der Waals surface area contributed by atoms with Crippen molar-refractivity contribution < 1.29 is 13.7 Å². The van der Waals surface area contributed by atoms with Crippen LogP contribution in [0.1, 0.15) is 5.56 Å². The lowest BCUT2D eigenvalue weighted by atomic mass is 9.92. The van der Waals surface area contributed by atoms with Crippen LogP contribution in [0.5, 0.6) is 5.75 Å². The third-order valence-corrected chi connectivity index (χ3v) is 5.41. The quantitative estimate of drug-likeness (QED) is 0.452. The van der Waals surface area contributed by atoms with Crippen LogP contribution in [0.2, 0.25) is 0 Å². The largest absolute Gasteiger partial charge is 0.497 e. The van der Waals surface area contributed by atoms with Crippen LogP contribution >= 0.6 is 0 Å². The van der Waals surface area contributed by atoms with Crippen LogP contribution < -0.4 is 9.30 Å². The first-order valence-corrected chi connectivity index (χ1v) is 9.13. The smallest absolute Gasteiger partial charge is 0.213 e. The van der Waals surface area contributed by atoms with Gasteiger partial charge in [0.25, 0.3) is 0 Å². The summed E-state index contributed by atoms with van der Waals surface area (Å²) in [5, 5.41) is 1.11. The summed E-state index contributed by atoms with van der Waals surface area (Å²) in [5.74, 6) is 0.598. The summed E-state index contributed by atoms with van der Waals surface area (Å²) in [7, 11) is 1.68. The van der Waals surface area contributed by atoms with Gasteiger partial charge in [0.2, 0.25) is 11.2 Å². The molecule has 1 aromatic heterocycles. The van der Waals surface area contributed by atoms with E-state index in [2.05, 4.69) is 47.0 Å². The van der Waals surface area contributed by atoms with Crippen LogP contribution in [0.15, 0.2) is 72.8 Å². The average molecular weight is 356 g/mol. The lowest BCUT2D eigenvalue weighted by Gasteiger charge is -2.18. The van der Waals surface area contributed by atoms with Gasteiger partial charge in [-0.1, -0.05) is 30.3 Å². The topological polar surface area (TPSA) is 13.1 Å². The molecule has 27 heavy (non-hydrogen) atoms. The zero-order valence-electron chi connectivity index (χ0n) is 15.1. The molecule has 1 aliphatic rings. The highest BCUT2D eigenvalue weighted by molar-refractivity contribution is 5.95. The van der Waals surface area contributed by atoms with Gasteiger partial charge < -0.3 is 4.74 Å². The first-order chi connectivity index (χ1) is 13.2. The van der Waals surface area contributed by atoms with Gasteiger partial charge in [0.15, 0.2) is 6.54 Å². The van der Waals surface area contributed by atoms with Crippen molar-refractivity contribution in [2.24, 2.45) is 0 Å². The summed E-state index contributed by atoms with van der Waals surface area (Å²) in [4.78, 5) is 0. The van der Waals surface area contributed by atoms with Crippen LogP contribution in [0.3, 0.4) is 0 Å². The van der Waals surface area contributed by atoms with E-state index in [9.17, 15) is 4.39 Å². The van der Waals surface area contributed by atoms with Crippen molar-refractivity contribution in [2.75, 3.05) is 7.11 Å². The number of hydrogen-bond donors (Lipinski definition) is 0. The lowest BCUT2D eigenvalue weighted by Crippen LogP contribution is -2.41. The second-order valence-corrected chi connectivity index (χ2v) is 6.89. The van der Waals surface area contributed by atoms with Gasteiger partial charge in [-0.25, -0.2) is 4.39 Å². The molecule has 0 aliphatic carbocycles. The molecule has 0 saturated carbocycles. The number of pyridine rings is 1. The van der Waals surface area contributed by atoms with Crippen molar-refractivity contribution in [3.8, 4) is 28.1 Å². The molecule has 0 bridgehead atoms. The summed E-state index contributed by atoms with van der Waals surface area (Å²) >= 11 is 0. The monoisotopic (exact) mass is 356 g/mol. The zero-order valence-corrected chi connectivity index (χ0v) is 15.1. The van der Waals surface area contributed by atoms with Crippen LogP contribution in [-0.2, 0) is 13.0 Å². The molecule has 3 heteroatoms. The fourth-order valence-corrected chi connectivity index (χ4v) is 4.07. The fraction of sp³-hybridized carbons (Fsp3) is 0.125. The molecule has 3 aromatic carbocycles. The SMILES string of the molecule is COc1ccc2c(c1)c(-c1ccc(F)cc1)cc1[n+]2CCc2ccccc2-1. The molecular weight excluding hydrogens is 337 g/mol. The number of rotatable bonds is 2. The first-order valence-electron chi connectivity index (χ1n) is 9.13. The molecule has 4 aromatic rings. The predicted molar refractivity (Wildman–Crippen MR) is 105 cm³/mol. The van der Waals surface area contributed by atoms with Gasteiger partial charge in [0.1, 0.15) is 11.6 Å². The molecule has 0 radical (unpaired) electrons. The Balaban J connectivity index is 1.87. The highest BCUT2D eigenvalue weighted by Crippen LogP contribution is 2.35. The van der Waals surface area contributed by atoms with Crippen molar-refractivity contribution in [2.45, 2.75) is 13.0 Å². The number of fused-ring (bicyclic) bond motifs is 5. The van der Waals surface area contributed by atoms with Crippen LogP contribution in [0.4, 0.5) is 4.39 Å². The Labute approximate surface area is 157 Å². The van der Waals surface area contributed by atoms with Gasteiger partial charge in [0.05, 0.1) is 12.5 Å². The Morgan fingerprint density at radius 2 is 1.70 bits per heavy atom. The number of halogens is 1. The van der Waals surface area contributed by atoms with E-state index < -0.39 is 0 Å². The Morgan fingerprint density at radius 3 is 2.52 bits per heavy atom. The third-order valence-electron chi connectivity index (χ3n) is 5.41. The maximum atomic E-state index is 13.5. The van der Waals surface area contributed by atoms with E-state index in [1.807, 2.05) is 18.2 Å². The molecule has 2 heterocycles. The predicted octanol–water partition coefficient (Wildman–Crippen LogP) is 5.17. The Kier molecular flexibility index (Phi) is 3.68. The van der Waals surface area contributed by atoms with E-state index in [-0.39, 0.29) is 5.82 Å². The summed E-state index contributed by atoms with van der Waals surface area (Å²) in [5.41, 5.74) is 7.10. The minimum Gasteiger partial charge on any atom is -0.497 e. The highest BCUT2D eigenvalue weighted by atomic mass is 19.1. The summed E-state index contributed by atoms with van der Waals surface area (Å²) in [6.07, 6.45) is 1.02.